The van der Waals surface area contributed by atoms with Gasteiger partial charge in [-0.2, -0.15) is 0 Å². The van der Waals surface area contributed by atoms with Gasteiger partial charge >= 0.3 is 5.97 Å². The number of hydrogen-bond acceptors (Lipinski definition) is 4. The van der Waals surface area contributed by atoms with Crippen LogP contribution in [0.4, 0.5) is 0 Å². The number of amides is 1. The molecule has 23 heavy (non-hydrogen) atoms. The summed E-state index contributed by atoms with van der Waals surface area (Å²) in [7, 11) is -3.23. The standard InChI is InChI=1S/C16H23NO5S/c1-4-16(3,15(19)20)17-14(18)11-8-12-6-9-13(10-7-12)23(21,22)5-2/h6-7,9-10H,4-5,8,11H2,1-3H3,(H,17,18)(H,19,20). The maximum absolute atomic E-state index is 11.9. The number of sulfone groups is 1. The number of nitrogens with one attached hydrogen (secondary N) is 1. The van der Waals surface area contributed by atoms with Crippen molar-refractivity contribution in [3.05, 3.63) is 29.8 Å². The molecule has 1 atom stereocenters. The summed E-state index contributed by atoms with van der Waals surface area (Å²) in [6, 6.07) is 6.40. The Hall–Kier alpha value is -1.89. The molecule has 0 spiro atoms. The molecule has 0 saturated carbocycles. The van der Waals surface area contributed by atoms with E-state index < -0.39 is 21.3 Å². The maximum atomic E-state index is 11.9. The van der Waals surface area contributed by atoms with Crippen LogP contribution in [0.2, 0.25) is 0 Å². The average molecular weight is 341 g/mol. The summed E-state index contributed by atoms with van der Waals surface area (Å²) in [6.45, 7) is 4.75. The van der Waals surface area contributed by atoms with Crippen LogP contribution in [0, 0.1) is 0 Å². The number of carboxylic acids is 1. The van der Waals surface area contributed by atoms with Crippen LogP contribution in [0.15, 0.2) is 29.2 Å². The molecule has 0 aliphatic rings. The van der Waals surface area contributed by atoms with E-state index in [0.29, 0.717) is 6.42 Å². The van der Waals surface area contributed by atoms with Crippen LogP contribution < -0.4 is 5.32 Å². The Morgan fingerprint density at radius 1 is 1.17 bits per heavy atom. The molecule has 128 valence electrons. The lowest BCUT2D eigenvalue weighted by atomic mass is 9.98. The van der Waals surface area contributed by atoms with Gasteiger partial charge in [0.1, 0.15) is 5.54 Å². The Morgan fingerprint density at radius 2 is 1.74 bits per heavy atom. The van der Waals surface area contributed by atoms with Gasteiger partial charge in [0.05, 0.1) is 10.6 Å². The fourth-order valence-corrected chi connectivity index (χ4v) is 2.84. The first-order valence-electron chi connectivity index (χ1n) is 7.50. The summed E-state index contributed by atoms with van der Waals surface area (Å²) in [6.07, 6.45) is 0.845. The quantitative estimate of drug-likeness (QED) is 0.751. The molecular weight excluding hydrogens is 318 g/mol. The van der Waals surface area contributed by atoms with Gasteiger partial charge in [-0.15, -0.1) is 0 Å². The second-order valence-electron chi connectivity index (χ2n) is 5.59. The molecule has 0 aliphatic carbocycles. The number of aliphatic carboxylic acids is 1. The van der Waals surface area contributed by atoms with Gasteiger partial charge in [-0.1, -0.05) is 26.0 Å². The SMILES string of the molecule is CCC(C)(NC(=O)CCc1ccc(S(=O)(=O)CC)cc1)C(=O)O. The van der Waals surface area contributed by atoms with E-state index in [1.807, 2.05) is 0 Å². The van der Waals surface area contributed by atoms with Crippen molar-refractivity contribution in [2.24, 2.45) is 0 Å². The highest BCUT2D eigenvalue weighted by atomic mass is 32.2. The molecule has 1 unspecified atom stereocenters. The fraction of sp³-hybridized carbons (Fsp3) is 0.500. The number of benzene rings is 1. The van der Waals surface area contributed by atoms with Gasteiger partial charge < -0.3 is 10.4 Å². The summed E-state index contributed by atoms with van der Waals surface area (Å²) in [4.78, 5) is 23.3. The maximum Gasteiger partial charge on any atom is 0.329 e. The molecule has 0 fully saturated rings. The van der Waals surface area contributed by atoms with Crippen molar-refractivity contribution in [3.8, 4) is 0 Å². The van der Waals surface area contributed by atoms with E-state index in [2.05, 4.69) is 5.32 Å². The number of carbonyl (C=O) groups excluding carboxylic acids is 1. The van der Waals surface area contributed by atoms with Crippen LogP contribution in [0.5, 0.6) is 0 Å². The Morgan fingerprint density at radius 3 is 2.17 bits per heavy atom. The number of rotatable bonds is 8. The van der Waals surface area contributed by atoms with E-state index in [4.69, 9.17) is 5.11 Å². The van der Waals surface area contributed by atoms with Crippen molar-refractivity contribution in [1.29, 1.82) is 0 Å². The van der Waals surface area contributed by atoms with E-state index in [1.165, 1.54) is 19.1 Å². The molecule has 6 nitrogen and oxygen atoms in total. The zero-order valence-electron chi connectivity index (χ0n) is 13.6. The van der Waals surface area contributed by atoms with Gasteiger partial charge in [-0.05, 0) is 37.5 Å². The predicted molar refractivity (Wildman–Crippen MR) is 87.0 cm³/mol. The number of hydrogen-bond donors (Lipinski definition) is 2. The molecule has 0 aliphatic heterocycles. The molecule has 1 rings (SSSR count). The average Bonchev–Trinajstić information content (AvgIpc) is 2.53. The third-order valence-corrected chi connectivity index (χ3v) is 5.65. The summed E-state index contributed by atoms with van der Waals surface area (Å²) >= 11 is 0. The number of carboxylic acid groups (broad SMARTS) is 1. The van der Waals surface area contributed by atoms with Gasteiger partial charge in [0.25, 0.3) is 0 Å². The molecule has 0 aromatic heterocycles. The molecule has 7 heteroatoms. The highest BCUT2D eigenvalue weighted by molar-refractivity contribution is 7.91. The number of carbonyl (C=O) groups is 2. The summed E-state index contributed by atoms with van der Waals surface area (Å²) < 4.78 is 23.4. The van der Waals surface area contributed by atoms with Crippen molar-refractivity contribution >= 4 is 21.7 Å². The molecule has 0 heterocycles. The van der Waals surface area contributed by atoms with E-state index in [9.17, 15) is 18.0 Å². The van der Waals surface area contributed by atoms with E-state index in [0.717, 1.165) is 5.56 Å². The van der Waals surface area contributed by atoms with Crippen molar-refractivity contribution in [2.75, 3.05) is 5.75 Å². The van der Waals surface area contributed by atoms with Crippen molar-refractivity contribution in [3.63, 3.8) is 0 Å². The Bertz CT molecular complexity index is 666. The van der Waals surface area contributed by atoms with Crippen LogP contribution in [-0.2, 0) is 25.8 Å². The van der Waals surface area contributed by atoms with E-state index in [-0.39, 0.29) is 29.4 Å². The Kier molecular flexibility index (Phi) is 6.32. The minimum absolute atomic E-state index is 0.0412. The minimum atomic E-state index is -3.23. The molecule has 1 aromatic rings. The molecule has 1 aromatic carbocycles. The van der Waals surface area contributed by atoms with Crippen LogP contribution in [-0.4, -0.2) is 36.7 Å². The third kappa shape index (κ3) is 5.06. The molecule has 0 saturated heterocycles. The molecule has 0 radical (unpaired) electrons. The third-order valence-electron chi connectivity index (χ3n) is 3.90. The van der Waals surface area contributed by atoms with Crippen molar-refractivity contribution in [2.45, 2.75) is 50.5 Å². The molecule has 2 N–H and O–H groups in total. The smallest absolute Gasteiger partial charge is 0.329 e. The second-order valence-corrected chi connectivity index (χ2v) is 7.86. The molecule has 1 amide bonds. The van der Waals surface area contributed by atoms with E-state index in [1.54, 1.807) is 26.0 Å². The zero-order chi connectivity index (χ0) is 17.7. The predicted octanol–water partition coefficient (Wildman–Crippen LogP) is 1.78. The first-order valence-corrected chi connectivity index (χ1v) is 9.16. The van der Waals surface area contributed by atoms with Crippen LogP contribution in [0.1, 0.15) is 39.2 Å². The Balaban J connectivity index is 2.65. The fourth-order valence-electron chi connectivity index (χ4n) is 1.95. The first-order chi connectivity index (χ1) is 10.6. The lowest BCUT2D eigenvalue weighted by Crippen LogP contribution is -2.51. The summed E-state index contributed by atoms with van der Waals surface area (Å²) in [5.74, 6) is -1.37. The van der Waals surface area contributed by atoms with Crippen molar-refractivity contribution in [1.82, 2.24) is 5.32 Å². The highest BCUT2D eigenvalue weighted by Crippen LogP contribution is 2.14. The highest BCUT2D eigenvalue weighted by Gasteiger charge is 2.32. The topological polar surface area (TPSA) is 101 Å². The minimum Gasteiger partial charge on any atom is -0.480 e. The molecular formula is C16H23NO5S. The van der Waals surface area contributed by atoms with Gasteiger partial charge in [-0.25, -0.2) is 13.2 Å². The number of aryl methyl sites for hydroxylation is 1. The first kappa shape index (κ1) is 19.2. The van der Waals surface area contributed by atoms with Crippen LogP contribution >= 0.6 is 0 Å². The van der Waals surface area contributed by atoms with Crippen LogP contribution in [0.25, 0.3) is 0 Å². The van der Waals surface area contributed by atoms with E-state index >= 15 is 0 Å². The lowest BCUT2D eigenvalue weighted by molar-refractivity contribution is -0.147. The van der Waals surface area contributed by atoms with Crippen LogP contribution in [0.3, 0.4) is 0 Å². The second kappa shape index (κ2) is 7.59. The summed E-state index contributed by atoms with van der Waals surface area (Å²) in [5.41, 5.74) is -0.445. The van der Waals surface area contributed by atoms with Gasteiger partial charge in [0, 0.05) is 6.42 Å². The lowest BCUT2D eigenvalue weighted by Gasteiger charge is -2.24. The van der Waals surface area contributed by atoms with Gasteiger partial charge in [0.15, 0.2) is 9.84 Å². The largest absolute Gasteiger partial charge is 0.480 e. The molecule has 0 bridgehead atoms. The van der Waals surface area contributed by atoms with Gasteiger partial charge in [0.2, 0.25) is 5.91 Å². The van der Waals surface area contributed by atoms with Gasteiger partial charge in [-0.3, -0.25) is 4.79 Å². The zero-order valence-corrected chi connectivity index (χ0v) is 14.4. The summed E-state index contributed by atoms with van der Waals surface area (Å²) in [5, 5.41) is 11.6. The Labute approximate surface area is 136 Å². The normalized spacial score (nSPS) is 14.0. The monoisotopic (exact) mass is 341 g/mol. The van der Waals surface area contributed by atoms with Crippen molar-refractivity contribution < 1.29 is 23.1 Å².